The third-order valence-corrected chi connectivity index (χ3v) is 3.97. The van der Waals surface area contributed by atoms with Gasteiger partial charge in [0.25, 0.3) is 0 Å². The van der Waals surface area contributed by atoms with Gasteiger partial charge in [0.1, 0.15) is 11.4 Å². The third-order valence-electron chi connectivity index (χ3n) is 3.97. The molecule has 29 heavy (non-hydrogen) atoms. The fraction of sp³-hybridized carbons (Fsp3) is 0.120. The van der Waals surface area contributed by atoms with E-state index in [0.29, 0.717) is 23.7 Å². The first-order chi connectivity index (χ1) is 14.1. The van der Waals surface area contributed by atoms with Crippen molar-refractivity contribution in [3.8, 4) is 17.6 Å². The van der Waals surface area contributed by atoms with Crippen molar-refractivity contribution < 1.29 is 9.53 Å². The first-order valence-electron chi connectivity index (χ1n) is 9.39. The molecular formula is C25H22N2O2. The highest BCUT2D eigenvalue weighted by Gasteiger charge is 2.05. The van der Waals surface area contributed by atoms with Gasteiger partial charge < -0.3 is 10.1 Å². The minimum Gasteiger partial charge on any atom is -0.492 e. The molecule has 4 nitrogen and oxygen atoms in total. The summed E-state index contributed by atoms with van der Waals surface area (Å²) in [4.78, 5) is 15.8. The Morgan fingerprint density at radius 1 is 1.00 bits per heavy atom. The Morgan fingerprint density at radius 3 is 2.34 bits per heavy atom. The Kier molecular flexibility index (Phi) is 6.80. The Hall–Kier alpha value is -3.84. The zero-order chi connectivity index (χ0) is 20.5. The van der Waals surface area contributed by atoms with Gasteiger partial charge in [-0.25, -0.2) is 0 Å². The number of rotatable bonds is 5. The summed E-state index contributed by atoms with van der Waals surface area (Å²) in [6.07, 6.45) is 1.77. The van der Waals surface area contributed by atoms with Gasteiger partial charge in [-0.05, 0) is 55.0 Å². The third kappa shape index (κ3) is 6.08. The van der Waals surface area contributed by atoms with Gasteiger partial charge in [-0.15, -0.1) is 0 Å². The smallest absolute Gasteiger partial charge is 0.221 e. The van der Waals surface area contributed by atoms with Gasteiger partial charge in [0.2, 0.25) is 5.91 Å². The molecule has 0 aliphatic carbocycles. The second-order valence-electron chi connectivity index (χ2n) is 6.29. The van der Waals surface area contributed by atoms with Gasteiger partial charge in [-0.3, -0.25) is 9.79 Å². The number of anilines is 1. The van der Waals surface area contributed by atoms with Gasteiger partial charge in [0, 0.05) is 30.0 Å². The number of aliphatic imine (C=N–C) groups is 1. The topological polar surface area (TPSA) is 50.7 Å². The minimum atomic E-state index is -0.128. The summed E-state index contributed by atoms with van der Waals surface area (Å²) in [6.45, 7) is 3.93. The van der Waals surface area contributed by atoms with E-state index in [-0.39, 0.29) is 5.91 Å². The fourth-order valence-electron chi connectivity index (χ4n) is 2.64. The molecule has 4 heteroatoms. The summed E-state index contributed by atoms with van der Waals surface area (Å²) in [5.41, 5.74) is 4.21. The lowest BCUT2D eigenvalue weighted by Crippen LogP contribution is -2.05. The Bertz CT molecular complexity index is 1060. The molecule has 0 aromatic heterocycles. The van der Waals surface area contributed by atoms with Crippen LogP contribution in [-0.4, -0.2) is 18.7 Å². The molecule has 3 aromatic rings. The van der Waals surface area contributed by atoms with E-state index in [1.807, 2.05) is 67.6 Å². The van der Waals surface area contributed by atoms with E-state index in [0.717, 1.165) is 16.7 Å². The average Bonchev–Trinajstić information content (AvgIpc) is 2.73. The quantitative estimate of drug-likeness (QED) is 0.487. The number of ether oxygens (including phenoxy) is 1. The van der Waals surface area contributed by atoms with Crippen molar-refractivity contribution in [2.24, 2.45) is 4.99 Å². The van der Waals surface area contributed by atoms with E-state index < -0.39 is 0 Å². The summed E-state index contributed by atoms with van der Waals surface area (Å²) < 4.78 is 5.63. The second-order valence-corrected chi connectivity index (χ2v) is 6.29. The molecule has 3 aromatic carbocycles. The highest BCUT2D eigenvalue weighted by atomic mass is 16.5. The number of carbonyl (C=O) groups excluding carboxylic acids is 1. The monoisotopic (exact) mass is 382 g/mol. The van der Waals surface area contributed by atoms with Gasteiger partial charge in [-0.2, -0.15) is 0 Å². The highest BCUT2D eigenvalue weighted by Crippen LogP contribution is 2.30. The fourth-order valence-corrected chi connectivity index (χ4v) is 2.64. The molecule has 3 rings (SSSR count). The van der Waals surface area contributed by atoms with Gasteiger partial charge in [-0.1, -0.05) is 42.2 Å². The molecule has 144 valence electrons. The molecule has 1 amide bonds. The molecule has 0 radical (unpaired) electrons. The molecule has 1 N–H and O–H groups in total. The van der Waals surface area contributed by atoms with Crippen LogP contribution in [0.2, 0.25) is 0 Å². The van der Waals surface area contributed by atoms with Crippen LogP contribution in [0, 0.1) is 11.8 Å². The normalized spacial score (nSPS) is 10.3. The SMILES string of the molecule is CCOc1ccc(NC(C)=O)cc1N=Cc1ccc(C#Cc2ccccc2)cc1. The molecule has 0 unspecified atom stereocenters. The van der Waals surface area contributed by atoms with Crippen LogP contribution in [0.15, 0.2) is 77.8 Å². The van der Waals surface area contributed by atoms with E-state index in [9.17, 15) is 4.79 Å². The lowest BCUT2D eigenvalue weighted by Gasteiger charge is -2.09. The van der Waals surface area contributed by atoms with Crippen LogP contribution in [0.3, 0.4) is 0 Å². The van der Waals surface area contributed by atoms with Gasteiger partial charge in [0.15, 0.2) is 0 Å². The lowest BCUT2D eigenvalue weighted by molar-refractivity contribution is -0.114. The van der Waals surface area contributed by atoms with Crippen molar-refractivity contribution in [1.82, 2.24) is 0 Å². The van der Waals surface area contributed by atoms with E-state index in [1.54, 1.807) is 18.3 Å². The van der Waals surface area contributed by atoms with Crippen molar-refractivity contribution in [1.29, 1.82) is 0 Å². The summed E-state index contributed by atoms with van der Waals surface area (Å²) in [6, 6.07) is 23.2. The van der Waals surface area contributed by atoms with Gasteiger partial charge in [0.05, 0.1) is 6.61 Å². The van der Waals surface area contributed by atoms with Crippen LogP contribution >= 0.6 is 0 Å². The minimum absolute atomic E-state index is 0.128. The summed E-state index contributed by atoms with van der Waals surface area (Å²) in [5.74, 6) is 6.85. The van der Waals surface area contributed by atoms with Crippen LogP contribution in [0.1, 0.15) is 30.5 Å². The van der Waals surface area contributed by atoms with Crippen molar-refractivity contribution >= 4 is 23.5 Å². The van der Waals surface area contributed by atoms with Crippen molar-refractivity contribution in [3.05, 3.63) is 89.5 Å². The molecule has 0 aliphatic heterocycles. The number of nitrogens with one attached hydrogen (secondary N) is 1. The number of carbonyl (C=O) groups is 1. The maximum Gasteiger partial charge on any atom is 0.221 e. The zero-order valence-electron chi connectivity index (χ0n) is 16.5. The maximum atomic E-state index is 11.3. The molecule has 0 heterocycles. The maximum absolute atomic E-state index is 11.3. The Morgan fingerprint density at radius 2 is 1.69 bits per heavy atom. The van der Waals surface area contributed by atoms with Crippen molar-refractivity contribution in [2.75, 3.05) is 11.9 Å². The number of amides is 1. The lowest BCUT2D eigenvalue weighted by atomic mass is 10.1. The number of benzene rings is 3. The van der Waals surface area contributed by atoms with Crippen molar-refractivity contribution in [2.45, 2.75) is 13.8 Å². The molecule has 0 atom stereocenters. The predicted molar refractivity (Wildman–Crippen MR) is 118 cm³/mol. The molecule has 0 saturated carbocycles. The van der Waals surface area contributed by atoms with Crippen LogP contribution in [0.5, 0.6) is 5.75 Å². The summed E-state index contributed by atoms with van der Waals surface area (Å²) >= 11 is 0. The van der Waals surface area contributed by atoms with E-state index in [2.05, 4.69) is 22.2 Å². The molecule has 0 saturated heterocycles. The molecular weight excluding hydrogens is 360 g/mol. The summed E-state index contributed by atoms with van der Waals surface area (Å²) in [7, 11) is 0. The highest BCUT2D eigenvalue weighted by molar-refractivity contribution is 5.90. The van der Waals surface area contributed by atoms with Crippen LogP contribution in [0.4, 0.5) is 11.4 Å². The van der Waals surface area contributed by atoms with E-state index in [1.165, 1.54) is 6.92 Å². The van der Waals surface area contributed by atoms with Crippen LogP contribution in [-0.2, 0) is 4.79 Å². The number of hydrogen-bond donors (Lipinski definition) is 1. The van der Waals surface area contributed by atoms with Crippen LogP contribution in [0.25, 0.3) is 0 Å². The predicted octanol–water partition coefficient (Wildman–Crippen LogP) is 5.19. The average molecular weight is 382 g/mol. The molecule has 0 fully saturated rings. The number of nitrogens with zero attached hydrogens (tertiary/aromatic N) is 1. The molecule has 0 aliphatic rings. The molecule has 0 spiro atoms. The van der Waals surface area contributed by atoms with E-state index in [4.69, 9.17) is 4.74 Å². The second kappa shape index (κ2) is 9.91. The van der Waals surface area contributed by atoms with Crippen molar-refractivity contribution in [3.63, 3.8) is 0 Å². The first-order valence-corrected chi connectivity index (χ1v) is 9.39. The Balaban J connectivity index is 1.77. The van der Waals surface area contributed by atoms with Gasteiger partial charge >= 0.3 is 0 Å². The van der Waals surface area contributed by atoms with Crippen LogP contribution < -0.4 is 10.1 Å². The van der Waals surface area contributed by atoms with E-state index >= 15 is 0 Å². The largest absolute Gasteiger partial charge is 0.492 e. The number of hydrogen-bond acceptors (Lipinski definition) is 3. The molecule has 0 bridgehead atoms. The Labute approximate surface area is 171 Å². The first kappa shape index (κ1) is 19.9. The summed E-state index contributed by atoms with van der Waals surface area (Å²) in [5, 5.41) is 2.76. The standard InChI is InChI=1S/C25H22N2O2/c1-3-29-25-16-15-23(27-19(2)28)17-24(25)26-18-22-13-11-21(12-14-22)10-9-20-7-5-4-6-8-20/h4-8,11-18H,3H2,1-2H3,(H,27,28). The zero-order valence-corrected chi connectivity index (χ0v) is 16.5.